The van der Waals surface area contributed by atoms with Crippen LogP contribution in [0.1, 0.15) is 71.0 Å². The molecule has 0 saturated carbocycles. The van der Waals surface area contributed by atoms with Crippen molar-refractivity contribution in [2.24, 2.45) is 0 Å². The van der Waals surface area contributed by atoms with Crippen molar-refractivity contribution in [3.05, 3.63) is 263 Å². The molecule has 1 aliphatic heterocycles. The monoisotopic (exact) mass is 868 g/mol. The molecular formula is C64H44N4. The fraction of sp³-hybridized carbons (Fsp3) is 0.0938. The highest BCUT2D eigenvalue weighted by Crippen LogP contribution is 2.68. The van der Waals surface area contributed by atoms with Crippen molar-refractivity contribution >= 4 is 38.9 Å². The van der Waals surface area contributed by atoms with E-state index < -0.39 is 16.2 Å². The zero-order valence-corrected chi connectivity index (χ0v) is 38.0. The molecular weight excluding hydrogens is 825 g/mol. The van der Waals surface area contributed by atoms with Gasteiger partial charge < -0.3 is 9.47 Å². The first-order valence-electron chi connectivity index (χ1n) is 23.8. The first kappa shape index (κ1) is 37.8. The van der Waals surface area contributed by atoms with Crippen LogP contribution in [0.2, 0.25) is 0 Å². The van der Waals surface area contributed by atoms with Gasteiger partial charge in [0.1, 0.15) is 0 Å². The minimum absolute atomic E-state index is 0.423. The van der Waals surface area contributed by atoms with Crippen molar-refractivity contribution in [3.63, 3.8) is 0 Å². The van der Waals surface area contributed by atoms with Gasteiger partial charge in [0.05, 0.1) is 44.9 Å². The van der Waals surface area contributed by atoms with Crippen LogP contribution in [0.4, 0.5) is 17.1 Å². The molecule has 320 valence electrons. The number of hydrogen-bond donors (Lipinski definition) is 0. The van der Waals surface area contributed by atoms with Gasteiger partial charge in [-0.25, -0.2) is 0 Å². The molecule has 15 rings (SSSR count). The molecule has 0 radical (unpaired) electrons. The SMILES string of the molecule is CC1(C)c2nccnc2-c2ccc3c(c21)C1(C)c2ccccc2-c2cc(C4(c5ccccc5)c5ccccc5-c5ccccc54)cc(c21)N3c1cccc2c3ccccc3n(-c3ccccc3)c12. The standard InChI is InChI=1S/C64H44N4/c1-62(2)57-47(59-61(62)66-36-35-65-59)33-34-53-58(57)63(3)49-28-14-10-25-44(49)48-37-40(64(39-19-6-4-7-20-39)50-29-15-11-23-42(50)43-24-12-16-30-51(43)64)38-55(56(48)63)68(53)54-32-18-27-46-45-26-13-17-31-52(45)67(60(46)54)41-21-8-5-9-22-41/h4-38H,1-3H3. The van der Waals surface area contributed by atoms with Crippen molar-refractivity contribution in [2.45, 2.75) is 37.0 Å². The van der Waals surface area contributed by atoms with Gasteiger partial charge in [-0.05, 0) is 116 Å². The Morgan fingerprint density at radius 1 is 0.412 bits per heavy atom. The summed E-state index contributed by atoms with van der Waals surface area (Å²) in [6.45, 7) is 7.21. The van der Waals surface area contributed by atoms with E-state index in [4.69, 9.17) is 9.97 Å². The van der Waals surface area contributed by atoms with Crippen molar-refractivity contribution in [3.8, 4) is 39.2 Å². The van der Waals surface area contributed by atoms with Gasteiger partial charge in [-0.1, -0.05) is 172 Å². The molecule has 0 saturated heterocycles. The largest absolute Gasteiger partial charge is 0.308 e. The highest BCUT2D eigenvalue weighted by atomic mass is 15.2. The zero-order chi connectivity index (χ0) is 45.1. The van der Waals surface area contributed by atoms with Gasteiger partial charge >= 0.3 is 0 Å². The van der Waals surface area contributed by atoms with Crippen LogP contribution >= 0.6 is 0 Å². The maximum Gasteiger partial charge on any atom is 0.0929 e. The Bertz CT molecular complexity index is 3930. The van der Waals surface area contributed by atoms with Crippen molar-refractivity contribution in [2.75, 3.05) is 4.90 Å². The van der Waals surface area contributed by atoms with Crippen LogP contribution in [0.5, 0.6) is 0 Å². The number of rotatable bonds is 4. The van der Waals surface area contributed by atoms with Gasteiger partial charge in [0.25, 0.3) is 0 Å². The number of benzene rings is 9. The van der Waals surface area contributed by atoms with Gasteiger partial charge in [-0.2, -0.15) is 0 Å². The predicted octanol–water partition coefficient (Wildman–Crippen LogP) is 15.4. The van der Waals surface area contributed by atoms with E-state index in [1.807, 2.05) is 12.4 Å². The van der Waals surface area contributed by atoms with E-state index in [0.29, 0.717) is 0 Å². The highest BCUT2D eigenvalue weighted by Gasteiger charge is 2.55. The third kappa shape index (κ3) is 4.46. The molecule has 0 fully saturated rings. The average molecular weight is 869 g/mol. The summed E-state index contributed by atoms with van der Waals surface area (Å²) in [4.78, 5) is 12.8. The first-order chi connectivity index (χ1) is 33.4. The number of fused-ring (bicyclic) bond motifs is 15. The van der Waals surface area contributed by atoms with Crippen LogP contribution in [-0.4, -0.2) is 14.5 Å². The van der Waals surface area contributed by atoms with Crippen LogP contribution in [-0.2, 0) is 16.2 Å². The molecule has 68 heavy (non-hydrogen) atoms. The summed E-state index contributed by atoms with van der Waals surface area (Å²) in [5, 5.41) is 2.45. The Labute approximate surface area is 395 Å². The Morgan fingerprint density at radius 2 is 1.03 bits per heavy atom. The van der Waals surface area contributed by atoms with Crippen LogP contribution in [0.15, 0.2) is 213 Å². The van der Waals surface area contributed by atoms with Gasteiger partial charge in [0.2, 0.25) is 0 Å². The lowest BCUT2D eigenvalue weighted by molar-refractivity contribution is 0.599. The van der Waals surface area contributed by atoms with E-state index >= 15 is 0 Å². The molecule has 4 aliphatic rings. The summed E-state index contributed by atoms with van der Waals surface area (Å²) in [6, 6.07) is 75.3. The highest BCUT2D eigenvalue weighted by molar-refractivity contribution is 6.15. The number of aromatic nitrogens is 3. The van der Waals surface area contributed by atoms with Crippen LogP contribution < -0.4 is 4.90 Å². The molecule has 4 nitrogen and oxygen atoms in total. The topological polar surface area (TPSA) is 34.0 Å². The van der Waals surface area contributed by atoms with E-state index in [-0.39, 0.29) is 0 Å². The third-order valence-electron chi connectivity index (χ3n) is 16.2. The lowest BCUT2D eigenvalue weighted by atomic mass is 9.63. The Morgan fingerprint density at radius 3 is 1.78 bits per heavy atom. The zero-order valence-electron chi connectivity index (χ0n) is 38.0. The summed E-state index contributed by atoms with van der Waals surface area (Å²) in [5.41, 5.74) is 24.1. The summed E-state index contributed by atoms with van der Waals surface area (Å²) in [6.07, 6.45) is 3.71. The molecule has 0 N–H and O–H groups in total. The second-order valence-corrected chi connectivity index (χ2v) is 19.8. The minimum atomic E-state index is -0.607. The van der Waals surface area contributed by atoms with Crippen molar-refractivity contribution < 1.29 is 0 Å². The van der Waals surface area contributed by atoms with Crippen LogP contribution in [0, 0.1) is 0 Å². The maximum atomic E-state index is 5.09. The van der Waals surface area contributed by atoms with Crippen molar-refractivity contribution in [1.29, 1.82) is 0 Å². The number of anilines is 3. The average Bonchev–Trinajstić information content (AvgIpc) is 4.06. The fourth-order valence-corrected chi connectivity index (χ4v) is 13.7. The summed E-state index contributed by atoms with van der Waals surface area (Å²) >= 11 is 0. The molecule has 1 atom stereocenters. The lowest BCUT2D eigenvalue weighted by Crippen LogP contribution is -2.36. The normalized spacial score (nSPS) is 17.0. The molecule has 1 unspecified atom stereocenters. The second-order valence-electron chi connectivity index (χ2n) is 19.8. The lowest BCUT2D eigenvalue weighted by Gasteiger charge is -2.46. The minimum Gasteiger partial charge on any atom is -0.308 e. The van der Waals surface area contributed by atoms with E-state index in [1.165, 1.54) is 106 Å². The Kier molecular flexibility index (Phi) is 7.33. The van der Waals surface area contributed by atoms with Crippen LogP contribution in [0.3, 0.4) is 0 Å². The van der Waals surface area contributed by atoms with E-state index in [9.17, 15) is 0 Å². The Balaban J connectivity index is 1.15. The quantitative estimate of drug-likeness (QED) is 0.177. The summed E-state index contributed by atoms with van der Waals surface area (Å²) < 4.78 is 2.49. The smallest absolute Gasteiger partial charge is 0.0929 e. The molecule has 0 amide bonds. The number of hydrogen-bond acceptors (Lipinski definition) is 3. The van der Waals surface area contributed by atoms with E-state index in [0.717, 1.165) is 22.8 Å². The van der Waals surface area contributed by atoms with E-state index in [1.54, 1.807) is 0 Å². The van der Waals surface area contributed by atoms with E-state index in [2.05, 4.69) is 230 Å². The van der Waals surface area contributed by atoms with Crippen molar-refractivity contribution in [1.82, 2.24) is 14.5 Å². The first-order valence-corrected chi connectivity index (χ1v) is 23.8. The summed E-state index contributed by atoms with van der Waals surface area (Å²) in [5.74, 6) is 0. The molecule has 3 heterocycles. The third-order valence-corrected chi connectivity index (χ3v) is 16.2. The predicted molar refractivity (Wildman–Crippen MR) is 277 cm³/mol. The number of para-hydroxylation sites is 3. The molecule has 0 spiro atoms. The second kappa shape index (κ2) is 13.2. The fourth-order valence-electron chi connectivity index (χ4n) is 13.7. The van der Waals surface area contributed by atoms with Gasteiger partial charge in [-0.3, -0.25) is 9.97 Å². The Hall–Kier alpha value is -8.34. The molecule has 9 aromatic carbocycles. The number of nitrogens with zero attached hydrogens (tertiary/aromatic N) is 4. The van der Waals surface area contributed by atoms with Crippen LogP contribution in [0.25, 0.3) is 61.0 Å². The molecule has 3 aliphatic carbocycles. The molecule has 11 aromatic rings. The summed E-state index contributed by atoms with van der Waals surface area (Å²) in [7, 11) is 0. The molecule has 0 bridgehead atoms. The van der Waals surface area contributed by atoms with Gasteiger partial charge in [0.15, 0.2) is 0 Å². The molecule has 4 heteroatoms. The van der Waals surface area contributed by atoms with Gasteiger partial charge in [-0.15, -0.1) is 0 Å². The maximum absolute atomic E-state index is 5.09. The molecule has 2 aromatic heterocycles. The van der Waals surface area contributed by atoms with Gasteiger partial charge in [0, 0.05) is 45.2 Å².